The quantitative estimate of drug-likeness (QED) is 0.628. The molecule has 2 aliphatic heterocycles. The molecule has 31 heavy (non-hydrogen) atoms. The zero-order valence-electron chi connectivity index (χ0n) is 17.8. The highest BCUT2D eigenvalue weighted by molar-refractivity contribution is 5.91. The van der Waals surface area contributed by atoms with Gasteiger partial charge >= 0.3 is 0 Å². The van der Waals surface area contributed by atoms with E-state index in [9.17, 15) is 4.79 Å². The first-order valence-corrected chi connectivity index (χ1v) is 11.1. The Balaban J connectivity index is 1.40. The molecule has 2 fully saturated rings. The van der Waals surface area contributed by atoms with Gasteiger partial charge in [-0.25, -0.2) is 9.97 Å². The maximum atomic E-state index is 12.6. The Bertz CT molecular complexity index is 1030. The second-order valence-corrected chi connectivity index (χ2v) is 8.39. The smallest absolute Gasteiger partial charge is 0.289 e. The lowest BCUT2D eigenvalue weighted by Gasteiger charge is -2.32. The molecule has 0 radical (unpaired) electrons. The number of anilines is 1. The van der Waals surface area contributed by atoms with Gasteiger partial charge in [-0.15, -0.1) is 0 Å². The first kappa shape index (κ1) is 19.8. The van der Waals surface area contributed by atoms with Gasteiger partial charge in [0.1, 0.15) is 0 Å². The van der Waals surface area contributed by atoms with Crippen molar-refractivity contribution in [3.8, 4) is 11.3 Å². The molecule has 0 spiro atoms. The predicted octanol–water partition coefficient (Wildman–Crippen LogP) is 4.04. The average molecular weight is 422 g/mol. The van der Waals surface area contributed by atoms with Crippen LogP contribution in [0.4, 0.5) is 5.95 Å². The molecule has 0 aromatic carbocycles. The standard InChI is InChI=1S/C23H27N5O3/c1-16-14-20(31-26-16)18-15-24-23(28-9-3-2-4-10-28)25-21(18)17-7-11-27(12-8-17)22(29)19-6-5-13-30-19/h5-6,13-15,17H,2-4,7-12H2,1H3. The van der Waals surface area contributed by atoms with Crippen LogP contribution >= 0.6 is 0 Å². The Labute approximate surface area is 181 Å². The lowest BCUT2D eigenvalue weighted by atomic mass is 9.90. The number of piperidine rings is 2. The van der Waals surface area contributed by atoms with Crippen molar-refractivity contribution in [1.29, 1.82) is 0 Å². The highest BCUT2D eigenvalue weighted by atomic mass is 16.5. The van der Waals surface area contributed by atoms with E-state index in [1.165, 1.54) is 25.5 Å². The lowest BCUT2D eigenvalue weighted by molar-refractivity contribution is 0.0680. The highest BCUT2D eigenvalue weighted by Crippen LogP contribution is 2.35. The van der Waals surface area contributed by atoms with Crippen molar-refractivity contribution in [3.63, 3.8) is 0 Å². The van der Waals surface area contributed by atoms with Gasteiger partial charge in [-0.05, 0) is 51.2 Å². The summed E-state index contributed by atoms with van der Waals surface area (Å²) in [6.07, 6.45) is 8.71. The van der Waals surface area contributed by atoms with Crippen LogP contribution in [0.25, 0.3) is 11.3 Å². The fraction of sp³-hybridized carbons (Fsp3) is 0.478. The summed E-state index contributed by atoms with van der Waals surface area (Å²) in [6, 6.07) is 5.39. The van der Waals surface area contributed by atoms with Gasteiger partial charge in [-0.2, -0.15) is 0 Å². The van der Waals surface area contributed by atoms with Crippen molar-refractivity contribution < 1.29 is 13.7 Å². The van der Waals surface area contributed by atoms with E-state index in [-0.39, 0.29) is 11.8 Å². The number of hydrogen-bond acceptors (Lipinski definition) is 7. The largest absolute Gasteiger partial charge is 0.459 e. The van der Waals surface area contributed by atoms with Crippen LogP contribution in [-0.2, 0) is 0 Å². The molecule has 162 valence electrons. The van der Waals surface area contributed by atoms with Crippen LogP contribution in [0.5, 0.6) is 0 Å². The van der Waals surface area contributed by atoms with E-state index in [4.69, 9.17) is 13.9 Å². The summed E-state index contributed by atoms with van der Waals surface area (Å²) in [5.74, 6) is 2.07. The van der Waals surface area contributed by atoms with E-state index in [1.807, 2.05) is 24.1 Å². The van der Waals surface area contributed by atoms with Crippen LogP contribution in [0.1, 0.15) is 60.0 Å². The van der Waals surface area contributed by atoms with Gasteiger partial charge in [-0.1, -0.05) is 5.16 Å². The molecule has 0 N–H and O–H groups in total. The third-order valence-electron chi connectivity index (χ3n) is 6.24. The number of likely N-dealkylation sites (tertiary alicyclic amines) is 1. The van der Waals surface area contributed by atoms with E-state index >= 15 is 0 Å². The Morgan fingerprint density at radius 1 is 1.13 bits per heavy atom. The molecule has 0 unspecified atom stereocenters. The van der Waals surface area contributed by atoms with Crippen molar-refractivity contribution in [2.75, 3.05) is 31.1 Å². The summed E-state index contributed by atoms with van der Waals surface area (Å²) in [7, 11) is 0. The van der Waals surface area contributed by atoms with Gasteiger partial charge in [0.25, 0.3) is 5.91 Å². The van der Waals surface area contributed by atoms with Crippen molar-refractivity contribution in [2.24, 2.45) is 0 Å². The Hall–Kier alpha value is -3.16. The molecule has 8 heteroatoms. The normalized spacial score (nSPS) is 17.8. The van der Waals surface area contributed by atoms with Crippen molar-refractivity contribution in [2.45, 2.75) is 44.9 Å². The average Bonchev–Trinajstić information content (AvgIpc) is 3.51. The van der Waals surface area contributed by atoms with Gasteiger partial charge in [0.15, 0.2) is 11.5 Å². The first-order valence-electron chi connectivity index (χ1n) is 11.1. The van der Waals surface area contributed by atoms with E-state index in [0.717, 1.165) is 48.8 Å². The van der Waals surface area contributed by atoms with Gasteiger partial charge in [0, 0.05) is 44.4 Å². The molecular weight excluding hydrogens is 394 g/mol. The third kappa shape index (κ3) is 4.06. The second-order valence-electron chi connectivity index (χ2n) is 8.39. The number of amides is 1. The Morgan fingerprint density at radius 2 is 1.94 bits per heavy atom. The van der Waals surface area contributed by atoms with Crippen LogP contribution in [0.2, 0.25) is 0 Å². The molecule has 1 amide bonds. The third-order valence-corrected chi connectivity index (χ3v) is 6.24. The molecule has 2 saturated heterocycles. The minimum Gasteiger partial charge on any atom is -0.459 e. The van der Waals surface area contributed by atoms with E-state index < -0.39 is 0 Å². The summed E-state index contributed by atoms with van der Waals surface area (Å²) in [4.78, 5) is 26.5. The topological polar surface area (TPSA) is 88.5 Å². The molecule has 2 aliphatic rings. The van der Waals surface area contributed by atoms with Crippen LogP contribution in [0, 0.1) is 6.92 Å². The minimum atomic E-state index is -0.0498. The SMILES string of the molecule is Cc1cc(-c2cnc(N3CCCCC3)nc2C2CCN(C(=O)c3ccco3)CC2)on1. The van der Waals surface area contributed by atoms with Gasteiger partial charge in [0.2, 0.25) is 5.95 Å². The summed E-state index contributed by atoms with van der Waals surface area (Å²) in [5.41, 5.74) is 2.73. The fourth-order valence-corrected chi connectivity index (χ4v) is 4.54. The Kier molecular flexibility index (Phi) is 5.44. The fourth-order valence-electron chi connectivity index (χ4n) is 4.54. The number of aryl methyl sites for hydroxylation is 1. The Morgan fingerprint density at radius 3 is 2.61 bits per heavy atom. The van der Waals surface area contributed by atoms with Gasteiger partial charge in [-0.3, -0.25) is 4.79 Å². The number of carbonyl (C=O) groups is 1. The molecule has 3 aromatic heterocycles. The number of nitrogens with zero attached hydrogens (tertiary/aromatic N) is 5. The number of furan rings is 1. The molecule has 0 atom stereocenters. The zero-order valence-corrected chi connectivity index (χ0v) is 17.8. The van der Waals surface area contributed by atoms with E-state index in [0.29, 0.717) is 24.6 Å². The van der Waals surface area contributed by atoms with Crippen LogP contribution in [0.15, 0.2) is 39.6 Å². The number of hydrogen-bond donors (Lipinski definition) is 0. The zero-order chi connectivity index (χ0) is 21.2. The lowest BCUT2D eigenvalue weighted by Crippen LogP contribution is -2.38. The number of aromatic nitrogens is 3. The molecule has 3 aromatic rings. The van der Waals surface area contributed by atoms with Crippen molar-refractivity contribution in [3.05, 3.63) is 47.8 Å². The monoisotopic (exact) mass is 421 g/mol. The van der Waals surface area contributed by atoms with E-state index in [1.54, 1.807) is 12.1 Å². The van der Waals surface area contributed by atoms with Gasteiger partial charge < -0.3 is 18.7 Å². The molecule has 5 heterocycles. The number of carbonyl (C=O) groups excluding carboxylic acids is 1. The maximum Gasteiger partial charge on any atom is 0.289 e. The van der Waals surface area contributed by atoms with Crippen LogP contribution in [-0.4, -0.2) is 52.1 Å². The first-order chi connectivity index (χ1) is 15.2. The molecular formula is C23H27N5O3. The van der Waals surface area contributed by atoms with Crippen LogP contribution in [0.3, 0.4) is 0 Å². The molecule has 5 rings (SSSR count). The van der Waals surface area contributed by atoms with E-state index in [2.05, 4.69) is 15.0 Å². The summed E-state index contributed by atoms with van der Waals surface area (Å²) in [6.45, 7) is 5.24. The molecule has 0 bridgehead atoms. The van der Waals surface area contributed by atoms with Crippen molar-refractivity contribution in [1.82, 2.24) is 20.0 Å². The molecule has 8 nitrogen and oxygen atoms in total. The summed E-state index contributed by atoms with van der Waals surface area (Å²) < 4.78 is 10.8. The predicted molar refractivity (Wildman–Crippen MR) is 115 cm³/mol. The van der Waals surface area contributed by atoms with Crippen LogP contribution < -0.4 is 4.90 Å². The highest BCUT2D eigenvalue weighted by Gasteiger charge is 2.30. The van der Waals surface area contributed by atoms with Crippen molar-refractivity contribution >= 4 is 11.9 Å². The number of rotatable bonds is 4. The summed E-state index contributed by atoms with van der Waals surface area (Å²) >= 11 is 0. The minimum absolute atomic E-state index is 0.0498. The second kappa shape index (κ2) is 8.53. The van der Waals surface area contributed by atoms with Gasteiger partial charge in [0.05, 0.1) is 23.2 Å². The summed E-state index contributed by atoms with van der Waals surface area (Å²) in [5, 5.41) is 4.05. The molecule has 0 aliphatic carbocycles. The maximum absolute atomic E-state index is 12.6. The molecule has 0 saturated carbocycles.